The van der Waals surface area contributed by atoms with E-state index in [1.165, 1.54) is 12.1 Å². The van der Waals surface area contributed by atoms with Gasteiger partial charge >= 0.3 is 6.03 Å². The maximum Gasteiger partial charge on any atom is 0.318 e. The Hall–Kier alpha value is -4.57. The molecule has 0 aliphatic carbocycles. The van der Waals surface area contributed by atoms with E-state index in [1.807, 2.05) is 69.6 Å². The molecular weight excluding hydrogens is 547 g/mol. The van der Waals surface area contributed by atoms with Crippen LogP contribution in [-0.4, -0.2) is 67.7 Å². The molecule has 1 fully saturated rings. The Kier molecular flexibility index (Phi) is 9.46. The number of nitrogens with zero attached hydrogens (tertiary/aromatic N) is 2. The van der Waals surface area contributed by atoms with Gasteiger partial charge in [0.15, 0.2) is 0 Å². The molecule has 2 heterocycles. The van der Waals surface area contributed by atoms with Crippen molar-refractivity contribution in [3.63, 3.8) is 0 Å². The number of amides is 3. The van der Waals surface area contributed by atoms with Crippen molar-refractivity contribution in [3.8, 4) is 5.75 Å². The van der Waals surface area contributed by atoms with Gasteiger partial charge in [0, 0.05) is 61.4 Å². The number of piperazine rings is 1. The average Bonchev–Trinajstić information content (AvgIpc) is 3.46. The summed E-state index contributed by atoms with van der Waals surface area (Å²) in [6, 6.07) is 18.8. The summed E-state index contributed by atoms with van der Waals surface area (Å²) in [6.45, 7) is 7.07. The van der Waals surface area contributed by atoms with Gasteiger partial charge in [0.05, 0.1) is 12.3 Å². The fourth-order valence-electron chi connectivity index (χ4n) is 5.59. The van der Waals surface area contributed by atoms with E-state index in [2.05, 4.69) is 25.8 Å². The van der Waals surface area contributed by atoms with Crippen molar-refractivity contribution < 1.29 is 18.7 Å². The number of anilines is 2. The topological polar surface area (TPSA) is 102 Å². The molecule has 1 aliphatic rings. The molecule has 10 heteroatoms. The molecule has 0 radical (unpaired) electrons. The summed E-state index contributed by atoms with van der Waals surface area (Å²) in [6.07, 6.45) is 1.91. The maximum atomic E-state index is 14.0. The smallest absolute Gasteiger partial charge is 0.318 e. The fraction of sp³-hybridized carbons (Fsp3) is 0.333. The highest BCUT2D eigenvalue weighted by atomic mass is 19.1. The number of nitrogens with one attached hydrogen (secondary N) is 4. The number of hydrogen-bond donors (Lipinski definition) is 4. The van der Waals surface area contributed by atoms with E-state index in [4.69, 9.17) is 4.74 Å². The van der Waals surface area contributed by atoms with E-state index in [0.717, 1.165) is 27.7 Å². The lowest BCUT2D eigenvalue weighted by Crippen LogP contribution is -2.56. The summed E-state index contributed by atoms with van der Waals surface area (Å²) in [5.41, 5.74) is 4.36. The summed E-state index contributed by atoms with van der Waals surface area (Å²) < 4.78 is 19.2. The number of halogens is 1. The number of urea groups is 1. The van der Waals surface area contributed by atoms with Crippen LogP contribution < -0.4 is 25.6 Å². The molecule has 2 atom stereocenters. The normalized spacial score (nSPS) is 14.8. The zero-order valence-corrected chi connectivity index (χ0v) is 24.8. The molecule has 4 aromatic rings. The molecule has 0 spiro atoms. The number of para-hydroxylation sites is 1. The summed E-state index contributed by atoms with van der Waals surface area (Å²) in [5.74, 6) is -0.398. The van der Waals surface area contributed by atoms with Crippen molar-refractivity contribution in [1.29, 1.82) is 0 Å². The number of benzene rings is 3. The number of aromatic nitrogens is 1. The van der Waals surface area contributed by atoms with E-state index in [1.54, 1.807) is 17.0 Å². The maximum absolute atomic E-state index is 14.0. The first-order valence-corrected chi connectivity index (χ1v) is 14.7. The minimum atomic E-state index is -0.871. The third kappa shape index (κ3) is 6.91. The van der Waals surface area contributed by atoms with E-state index in [0.29, 0.717) is 50.8 Å². The monoisotopic (exact) mass is 586 g/mol. The molecule has 5 rings (SSSR count). The highest BCUT2D eigenvalue weighted by Gasteiger charge is 2.32. The Bertz CT molecular complexity index is 1550. The highest BCUT2D eigenvalue weighted by molar-refractivity contribution is 5.99. The van der Waals surface area contributed by atoms with Crippen LogP contribution in [0.25, 0.3) is 10.9 Å². The molecule has 1 saturated heterocycles. The number of H-pyrrole nitrogens is 1. The van der Waals surface area contributed by atoms with E-state index in [9.17, 15) is 14.0 Å². The lowest BCUT2D eigenvalue weighted by Gasteiger charge is -2.37. The molecule has 0 bridgehead atoms. The van der Waals surface area contributed by atoms with Crippen LogP contribution in [0.1, 0.15) is 30.9 Å². The Balaban J connectivity index is 1.37. The molecule has 3 aromatic carbocycles. The molecule has 0 saturated carbocycles. The summed E-state index contributed by atoms with van der Waals surface area (Å²) in [5, 5.41) is 10.2. The van der Waals surface area contributed by atoms with Gasteiger partial charge in [-0.05, 0) is 67.6 Å². The van der Waals surface area contributed by atoms with Crippen molar-refractivity contribution in [3.05, 3.63) is 89.9 Å². The number of rotatable bonds is 10. The SMILES string of the molecule is CCOc1ccc(CNC)cc1NC(=O)C(NC(=O)N1CCN(c2ccc(F)cc2)CC1)C(C)c1c[nH]c2ccccc12. The van der Waals surface area contributed by atoms with Crippen LogP contribution in [0.4, 0.5) is 20.6 Å². The first-order chi connectivity index (χ1) is 20.9. The minimum Gasteiger partial charge on any atom is -0.492 e. The fourth-order valence-corrected chi connectivity index (χ4v) is 5.59. The van der Waals surface area contributed by atoms with Crippen molar-refractivity contribution in [2.75, 3.05) is 50.1 Å². The predicted molar refractivity (Wildman–Crippen MR) is 168 cm³/mol. The van der Waals surface area contributed by atoms with Gasteiger partial charge in [-0.2, -0.15) is 0 Å². The lowest BCUT2D eigenvalue weighted by molar-refractivity contribution is -0.118. The van der Waals surface area contributed by atoms with Gasteiger partial charge in [0.25, 0.3) is 0 Å². The molecule has 3 amide bonds. The van der Waals surface area contributed by atoms with E-state index in [-0.39, 0.29) is 23.7 Å². The number of carbonyl (C=O) groups excluding carboxylic acids is 2. The molecular formula is C33H39FN6O3. The Labute approximate surface area is 251 Å². The van der Waals surface area contributed by atoms with Gasteiger partial charge in [-0.3, -0.25) is 4.79 Å². The van der Waals surface area contributed by atoms with Crippen LogP contribution in [0.15, 0.2) is 72.9 Å². The van der Waals surface area contributed by atoms with Crippen LogP contribution in [0.5, 0.6) is 5.75 Å². The number of carbonyl (C=O) groups is 2. The Morgan fingerprint density at radius 3 is 2.49 bits per heavy atom. The number of fused-ring (bicyclic) bond motifs is 1. The quantitative estimate of drug-likeness (QED) is 0.208. The summed E-state index contributed by atoms with van der Waals surface area (Å²) >= 11 is 0. The second kappa shape index (κ2) is 13.6. The number of ether oxygens (including phenoxy) is 1. The molecule has 9 nitrogen and oxygen atoms in total. The van der Waals surface area contributed by atoms with Crippen molar-refractivity contribution in [2.24, 2.45) is 0 Å². The largest absolute Gasteiger partial charge is 0.492 e. The summed E-state index contributed by atoms with van der Waals surface area (Å²) in [7, 11) is 1.86. The van der Waals surface area contributed by atoms with Gasteiger partial charge in [0.2, 0.25) is 5.91 Å². The highest BCUT2D eigenvalue weighted by Crippen LogP contribution is 2.31. The molecule has 2 unspecified atom stereocenters. The standard InChI is InChI=1S/C33H39FN6O3/c1-4-43-30-14-9-23(20-35-3)19-29(30)37-32(41)31(22(2)27-21-36-28-8-6-5-7-26(27)28)38-33(42)40-17-15-39(16-18-40)25-12-10-24(34)11-13-25/h5-14,19,21-22,31,35-36H,4,15-18,20H2,1-3H3,(H,37,41)(H,38,42). The Morgan fingerprint density at radius 1 is 1.02 bits per heavy atom. The van der Waals surface area contributed by atoms with Gasteiger partial charge in [-0.15, -0.1) is 0 Å². The van der Waals surface area contributed by atoms with Crippen LogP contribution in [0.3, 0.4) is 0 Å². The molecule has 226 valence electrons. The molecule has 4 N–H and O–H groups in total. The van der Waals surface area contributed by atoms with E-state index < -0.39 is 6.04 Å². The minimum absolute atomic E-state index is 0.280. The third-order valence-corrected chi connectivity index (χ3v) is 7.91. The van der Waals surface area contributed by atoms with Crippen LogP contribution >= 0.6 is 0 Å². The van der Waals surface area contributed by atoms with Crippen LogP contribution in [0, 0.1) is 5.82 Å². The molecule has 1 aliphatic heterocycles. The second-order valence-electron chi connectivity index (χ2n) is 10.7. The van der Waals surface area contributed by atoms with Gasteiger partial charge in [-0.1, -0.05) is 31.2 Å². The van der Waals surface area contributed by atoms with Gasteiger partial charge in [0.1, 0.15) is 17.6 Å². The molecule has 1 aromatic heterocycles. The van der Waals surface area contributed by atoms with Crippen molar-refractivity contribution in [1.82, 2.24) is 20.5 Å². The van der Waals surface area contributed by atoms with E-state index >= 15 is 0 Å². The first-order valence-electron chi connectivity index (χ1n) is 14.7. The first kappa shape index (κ1) is 29.9. The van der Waals surface area contributed by atoms with Crippen LogP contribution in [0.2, 0.25) is 0 Å². The number of hydrogen-bond acceptors (Lipinski definition) is 5. The zero-order valence-electron chi connectivity index (χ0n) is 24.8. The van der Waals surface area contributed by atoms with Crippen molar-refractivity contribution >= 4 is 34.2 Å². The third-order valence-electron chi connectivity index (χ3n) is 7.91. The lowest BCUT2D eigenvalue weighted by atomic mass is 9.92. The van der Waals surface area contributed by atoms with Crippen LogP contribution in [-0.2, 0) is 11.3 Å². The predicted octanol–water partition coefficient (Wildman–Crippen LogP) is 5.07. The van der Waals surface area contributed by atoms with Gasteiger partial charge < -0.3 is 35.5 Å². The number of aromatic amines is 1. The van der Waals surface area contributed by atoms with Crippen molar-refractivity contribution in [2.45, 2.75) is 32.4 Å². The molecule has 43 heavy (non-hydrogen) atoms. The zero-order chi connectivity index (χ0) is 30.3. The van der Waals surface area contributed by atoms with Gasteiger partial charge in [-0.25, -0.2) is 9.18 Å². The summed E-state index contributed by atoms with van der Waals surface area (Å²) in [4.78, 5) is 34.8. The second-order valence-corrected chi connectivity index (χ2v) is 10.7. The Morgan fingerprint density at radius 2 is 1.77 bits per heavy atom. The average molecular weight is 587 g/mol.